The Kier molecular flexibility index (Phi) is 10.5. The molecule has 9 nitrogen and oxygen atoms in total. The van der Waals surface area contributed by atoms with E-state index >= 15 is 0 Å². The number of carbonyl (C=O) groups excluding carboxylic acids is 3. The highest BCUT2D eigenvalue weighted by atomic mass is 16.6. The molecule has 0 saturated heterocycles. The van der Waals surface area contributed by atoms with E-state index in [0.29, 0.717) is 12.4 Å². The molecule has 2 N–H and O–H groups in total. The van der Waals surface area contributed by atoms with Crippen molar-refractivity contribution in [2.75, 3.05) is 13.2 Å². The predicted molar refractivity (Wildman–Crippen MR) is 178 cm³/mol. The first-order valence-corrected chi connectivity index (χ1v) is 15.6. The number of esters is 1. The van der Waals surface area contributed by atoms with E-state index in [0.717, 1.165) is 33.4 Å². The Labute approximate surface area is 275 Å². The maximum Gasteiger partial charge on any atom is 0.407 e. The average molecular weight is 637 g/mol. The fraction of sp³-hybridized carbons (Fsp3) is 0.289. The molecule has 1 aliphatic carbocycles. The molecule has 4 aromatic carbocycles. The molecule has 5 rings (SSSR count). The summed E-state index contributed by atoms with van der Waals surface area (Å²) in [5.74, 6) is -0.214. The first kappa shape index (κ1) is 33.1. The number of alkyl carbamates (subject to hydrolysis) is 2. The smallest absolute Gasteiger partial charge is 0.407 e. The lowest BCUT2D eigenvalue weighted by Crippen LogP contribution is -2.50. The van der Waals surface area contributed by atoms with E-state index in [4.69, 9.17) is 18.9 Å². The Morgan fingerprint density at radius 3 is 1.91 bits per heavy atom. The van der Waals surface area contributed by atoms with Gasteiger partial charge in [-0.3, -0.25) is 0 Å². The zero-order valence-corrected chi connectivity index (χ0v) is 27.1. The number of rotatable bonds is 11. The Balaban J connectivity index is 1.18. The van der Waals surface area contributed by atoms with Gasteiger partial charge >= 0.3 is 18.2 Å². The van der Waals surface area contributed by atoms with Crippen LogP contribution in [0.4, 0.5) is 9.59 Å². The maximum atomic E-state index is 13.2. The molecular weight excluding hydrogens is 596 g/mol. The van der Waals surface area contributed by atoms with Crippen molar-refractivity contribution in [3.63, 3.8) is 0 Å². The van der Waals surface area contributed by atoms with Crippen molar-refractivity contribution in [2.24, 2.45) is 0 Å². The topological polar surface area (TPSA) is 112 Å². The average Bonchev–Trinajstić information content (AvgIpc) is 3.37. The van der Waals surface area contributed by atoms with E-state index in [2.05, 4.69) is 22.8 Å². The van der Waals surface area contributed by atoms with Crippen LogP contribution < -0.4 is 15.4 Å². The third-order valence-corrected chi connectivity index (χ3v) is 7.60. The Bertz CT molecular complexity index is 1650. The summed E-state index contributed by atoms with van der Waals surface area (Å²) in [6.45, 7) is 7.41. The van der Waals surface area contributed by atoms with Crippen LogP contribution in [0.15, 0.2) is 97.1 Å². The Morgan fingerprint density at radius 2 is 1.30 bits per heavy atom. The third kappa shape index (κ3) is 9.13. The van der Waals surface area contributed by atoms with E-state index in [1.807, 2.05) is 67.6 Å². The predicted octanol–water partition coefficient (Wildman–Crippen LogP) is 7.05. The number of ether oxygens (including phenoxy) is 4. The van der Waals surface area contributed by atoms with Crippen LogP contribution in [0.1, 0.15) is 54.5 Å². The van der Waals surface area contributed by atoms with Gasteiger partial charge in [-0.1, -0.05) is 90.5 Å². The SMILES string of the molecule is Cc1ccc(COc2ccc(COC(=O)[C@H](CNC(=O)OC(C)(C)C)NC(=O)OCC3c4ccccc4-c4ccccc43)cc2)cc1. The van der Waals surface area contributed by atoms with Gasteiger partial charge in [0.1, 0.15) is 37.2 Å². The zero-order chi connectivity index (χ0) is 33.4. The summed E-state index contributed by atoms with van der Waals surface area (Å²) in [6.07, 6.45) is -1.54. The molecule has 1 atom stereocenters. The van der Waals surface area contributed by atoms with Crippen LogP contribution >= 0.6 is 0 Å². The first-order chi connectivity index (χ1) is 22.6. The largest absolute Gasteiger partial charge is 0.489 e. The van der Waals surface area contributed by atoms with Crippen molar-refractivity contribution in [3.05, 3.63) is 125 Å². The van der Waals surface area contributed by atoms with Crippen molar-refractivity contribution >= 4 is 18.2 Å². The van der Waals surface area contributed by atoms with Crippen LogP contribution in [0.25, 0.3) is 11.1 Å². The highest BCUT2D eigenvalue weighted by molar-refractivity contribution is 5.83. The van der Waals surface area contributed by atoms with Crippen LogP contribution in [0.2, 0.25) is 0 Å². The molecule has 0 aliphatic heterocycles. The number of benzene rings is 4. The number of aryl methyl sites for hydroxylation is 1. The van der Waals surface area contributed by atoms with Gasteiger partial charge in [0.2, 0.25) is 0 Å². The van der Waals surface area contributed by atoms with Gasteiger partial charge in [0.15, 0.2) is 0 Å². The van der Waals surface area contributed by atoms with Crippen LogP contribution in [0.3, 0.4) is 0 Å². The highest BCUT2D eigenvalue weighted by Crippen LogP contribution is 2.44. The molecule has 0 heterocycles. The van der Waals surface area contributed by atoms with Crippen molar-refractivity contribution in [1.29, 1.82) is 0 Å². The second-order valence-electron chi connectivity index (χ2n) is 12.4. The molecule has 0 aromatic heterocycles. The minimum atomic E-state index is -1.23. The minimum absolute atomic E-state index is 0.0492. The monoisotopic (exact) mass is 636 g/mol. The second kappa shape index (κ2) is 14.9. The zero-order valence-electron chi connectivity index (χ0n) is 27.1. The molecule has 4 aromatic rings. The van der Waals surface area contributed by atoms with Crippen LogP contribution in [0, 0.1) is 6.92 Å². The maximum absolute atomic E-state index is 13.2. The molecule has 9 heteroatoms. The molecule has 0 fully saturated rings. The molecule has 47 heavy (non-hydrogen) atoms. The summed E-state index contributed by atoms with van der Waals surface area (Å²) in [5.41, 5.74) is 6.56. The van der Waals surface area contributed by atoms with Gasteiger partial charge in [0.25, 0.3) is 0 Å². The normalized spacial score (nSPS) is 12.7. The molecular formula is C38H40N2O7. The molecule has 0 bridgehead atoms. The fourth-order valence-electron chi connectivity index (χ4n) is 5.26. The van der Waals surface area contributed by atoms with E-state index in [-0.39, 0.29) is 25.7 Å². The summed E-state index contributed by atoms with van der Waals surface area (Å²) < 4.78 is 22.3. The highest BCUT2D eigenvalue weighted by Gasteiger charge is 2.30. The molecule has 244 valence electrons. The molecule has 1 aliphatic rings. The van der Waals surface area contributed by atoms with Gasteiger partial charge in [-0.2, -0.15) is 0 Å². The Hall–Kier alpha value is -5.31. The number of nitrogens with one attached hydrogen (secondary N) is 2. The van der Waals surface area contributed by atoms with Gasteiger partial charge in [0, 0.05) is 5.92 Å². The molecule has 0 spiro atoms. The lowest BCUT2D eigenvalue weighted by Gasteiger charge is -2.22. The number of amides is 2. The van der Waals surface area contributed by atoms with Crippen molar-refractivity contribution < 1.29 is 33.3 Å². The van der Waals surface area contributed by atoms with Crippen LogP contribution in [-0.4, -0.2) is 43.0 Å². The lowest BCUT2D eigenvalue weighted by atomic mass is 9.98. The molecule has 0 unspecified atom stereocenters. The summed E-state index contributed by atoms with van der Waals surface area (Å²) in [7, 11) is 0. The second-order valence-corrected chi connectivity index (χ2v) is 12.4. The standard InChI is InChI=1S/C38H40N2O7/c1-25-13-15-26(16-14-25)22-44-28-19-17-27(18-20-28)23-45-35(41)34(21-39-36(42)47-38(2,3)4)40-37(43)46-24-33-31-11-7-5-9-29(31)30-10-6-8-12-32(30)33/h5-20,33-34H,21-24H2,1-4H3,(H,39,42)(H,40,43)/t34-/m0/s1. The van der Waals surface area contributed by atoms with E-state index in [9.17, 15) is 14.4 Å². The first-order valence-electron chi connectivity index (χ1n) is 15.6. The summed E-state index contributed by atoms with van der Waals surface area (Å²) in [4.78, 5) is 38.5. The van der Waals surface area contributed by atoms with Crippen molar-refractivity contribution in [1.82, 2.24) is 10.6 Å². The van der Waals surface area contributed by atoms with E-state index < -0.39 is 29.8 Å². The summed E-state index contributed by atoms with van der Waals surface area (Å²) in [5, 5.41) is 5.10. The van der Waals surface area contributed by atoms with Gasteiger partial charge in [-0.05, 0) is 73.2 Å². The quantitative estimate of drug-likeness (QED) is 0.134. The van der Waals surface area contributed by atoms with Crippen molar-refractivity contribution in [2.45, 2.75) is 58.5 Å². The van der Waals surface area contributed by atoms with Crippen molar-refractivity contribution in [3.8, 4) is 16.9 Å². The summed E-state index contributed by atoms with van der Waals surface area (Å²) in [6, 6.07) is 30.1. The molecule has 2 amide bonds. The minimum Gasteiger partial charge on any atom is -0.489 e. The number of hydrogen-bond donors (Lipinski definition) is 2. The fourth-order valence-corrected chi connectivity index (χ4v) is 5.26. The number of fused-ring (bicyclic) bond motifs is 3. The molecule has 0 saturated carbocycles. The van der Waals surface area contributed by atoms with Gasteiger partial charge in [0.05, 0.1) is 6.54 Å². The van der Waals surface area contributed by atoms with E-state index in [1.165, 1.54) is 5.56 Å². The number of carbonyl (C=O) groups is 3. The third-order valence-electron chi connectivity index (χ3n) is 7.60. The van der Waals surface area contributed by atoms with Crippen LogP contribution in [-0.2, 0) is 32.2 Å². The van der Waals surface area contributed by atoms with Gasteiger partial charge in [-0.15, -0.1) is 0 Å². The number of hydrogen-bond acceptors (Lipinski definition) is 7. The van der Waals surface area contributed by atoms with Gasteiger partial charge < -0.3 is 29.6 Å². The van der Waals surface area contributed by atoms with Crippen LogP contribution in [0.5, 0.6) is 5.75 Å². The van der Waals surface area contributed by atoms with E-state index in [1.54, 1.807) is 45.0 Å². The Morgan fingerprint density at radius 1 is 0.723 bits per heavy atom. The van der Waals surface area contributed by atoms with Gasteiger partial charge in [-0.25, -0.2) is 14.4 Å². The summed E-state index contributed by atoms with van der Waals surface area (Å²) >= 11 is 0. The molecule has 0 radical (unpaired) electrons. The lowest BCUT2D eigenvalue weighted by molar-refractivity contribution is -0.147.